The summed E-state index contributed by atoms with van der Waals surface area (Å²) in [4.78, 5) is 13.9. The van der Waals surface area contributed by atoms with Gasteiger partial charge >= 0.3 is 6.03 Å². The Morgan fingerprint density at radius 1 is 1.48 bits per heavy atom. The molecule has 124 valence electrons. The normalized spacial score (nSPS) is 17.7. The molecule has 0 aliphatic carbocycles. The molecule has 0 aromatic heterocycles. The van der Waals surface area contributed by atoms with E-state index < -0.39 is 0 Å². The molecule has 0 spiro atoms. The number of rotatable bonds is 3. The lowest BCUT2D eigenvalue weighted by atomic mass is 10.1. The van der Waals surface area contributed by atoms with E-state index in [2.05, 4.69) is 23.3 Å². The van der Waals surface area contributed by atoms with Gasteiger partial charge in [-0.2, -0.15) is 0 Å². The van der Waals surface area contributed by atoms with Crippen LogP contribution >= 0.6 is 0 Å². The summed E-state index contributed by atoms with van der Waals surface area (Å²) in [6.07, 6.45) is 4.09. The van der Waals surface area contributed by atoms with Crippen molar-refractivity contribution in [2.24, 2.45) is 5.92 Å². The van der Waals surface area contributed by atoms with Gasteiger partial charge in [0.2, 0.25) is 0 Å². The molecule has 1 aliphatic heterocycles. The minimum Gasteiger partial charge on any atom is -0.490 e. The standard InChI is InChI=1S/C18H25N3O2/c1-6-7-14-11-23-17-9-8-15(20-18(22)19-12(2)3)10-16(17)21(5)13(14)4/h6-10,12,14H,4,11H2,1-3,5H3,(H2,19,20,22)/b7-6+. The first-order valence-corrected chi connectivity index (χ1v) is 7.82. The SMILES string of the molecule is C=C1C(/C=C/C)COc2ccc(NC(=O)NC(C)C)cc2N1C. The number of nitrogens with one attached hydrogen (secondary N) is 2. The van der Waals surface area contributed by atoms with Crippen molar-refractivity contribution in [3.05, 3.63) is 42.6 Å². The van der Waals surface area contributed by atoms with Crippen LogP contribution in [0.4, 0.5) is 16.2 Å². The second-order valence-corrected chi connectivity index (χ2v) is 5.93. The van der Waals surface area contributed by atoms with Crippen molar-refractivity contribution in [2.45, 2.75) is 26.8 Å². The Hall–Kier alpha value is -2.43. The molecule has 1 aromatic carbocycles. The Balaban J connectivity index is 2.23. The molecule has 0 radical (unpaired) electrons. The van der Waals surface area contributed by atoms with E-state index in [1.54, 1.807) is 0 Å². The zero-order chi connectivity index (χ0) is 17.0. The molecule has 23 heavy (non-hydrogen) atoms. The van der Waals surface area contributed by atoms with E-state index in [9.17, 15) is 4.79 Å². The topological polar surface area (TPSA) is 53.6 Å². The van der Waals surface area contributed by atoms with E-state index in [0.29, 0.717) is 6.61 Å². The van der Waals surface area contributed by atoms with Crippen molar-refractivity contribution in [3.8, 4) is 5.75 Å². The summed E-state index contributed by atoms with van der Waals surface area (Å²) in [6.45, 7) is 10.6. The maximum Gasteiger partial charge on any atom is 0.319 e. The number of hydrogen-bond donors (Lipinski definition) is 2. The van der Waals surface area contributed by atoms with Crippen LogP contribution in [0.15, 0.2) is 42.6 Å². The second kappa shape index (κ2) is 7.22. The third-order valence-electron chi connectivity index (χ3n) is 3.70. The second-order valence-electron chi connectivity index (χ2n) is 5.93. The fourth-order valence-electron chi connectivity index (χ4n) is 2.49. The Morgan fingerprint density at radius 2 is 2.22 bits per heavy atom. The van der Waals surface area contributed by atoms with Gasteiger partial charge in [0.15, 0.2) is 0 Å². The van der Waals surface area contributed by atoms with Crippen LogP contribution in [-0.2, 0) is 0 Å². The van der Waals surface area contributed by atoms with Crippen LogP contribution in [0.2, 0.25) is 0 Å². The predicted octanol–water partition coefficient (Wildman–Crippen LogP) is 3.75. The van der Waals surface area contributed by atoms with Gasteiger partial charge in [-0.05, 0) is 39.0 Å². The van der Waals surface area contributed by atoms with Gasteiger partial charge < -0.3 is 20.3 Å². The zero-order valence-corrected chi connectivity index (χ0v) is 14.2. The molecule has 2 rings (SSSR count). The molecule has 0 fully saturated rings. The molecule has 0 saturated heterocycles. The van der Waals surface area contributed by atoms with Crippen molar-refractivity contribution >= 4 is 17.4 Å². The average Bonchev–Trinajstić information content (AvgIpc) is 2.59. The molecule has 5 heteroatoms. The van der Waals surface area contributed by atoms with Gasteiger partial charge in [-0.25, -0.2) is 4.79 Å². The molecular weight excluding hydrogens is 290 g/mol. The van der Waals surface area contributed by atoms with Gasteiger partial charge in [-0.1, -0.05) is 18.7 Å². The zero-order valence-electron chi connectivity index (χ0n) is 14.2. The van der Waals surface area contributed by atoms with Crippen LogP contribution in [-0.4, -0.2) is 25.7 Å². The average molecular weight is 315 g/mol. The maximum absolute atomic E-state index is 11.8. The fourth-order valence-corrected chi connectivity index (χ4v) is 2.49. The Morgan fingerprint density at radius 3 is 2.87 bits per heavy atom. The minimum absolute atomic E-state index is 0.0863. The van der Waals surface area contributed by atoms with E-state index in [1.807, 2.05) is 57.0 Å². The number of amides is 2. The Kier molecular flexibility index (Phi) is 5.32. The van der Waals surface area contributed by atoms with E-state index in [0.717, 1.165) is 22.8 Å². The molecule has 1 atom stereocenters. The first-order valence-electron chi connectivity index (χ1n) is 7.82. The molecule has 0 saturated carbocycles. The summed E-state index contributed by atoms with van der Waals surface area (Å²) in [5, 5.41) is 5.65. The summed E-state index contributed by atoms with van der Waals surface area (Å²) in [6, 6.07) is 5.48. The highest BCUT2D eigenvalue weighted by Gasteiger charge is 2.23. The summed E-state index contributed by atoms with van der Waals surface area (Å²) < 4.78 is 5.90. The number of carbonyl (C=O) groups is 1. The molecule has 0 bridgehead atoms. The van der Waals surface area contributed by atoms with Gasteiger partial charge in [0, 0.05) is 24.5 Å². The lowest BCUT2D eigenvalue weighted by Gasteiger charge is -2.23. The number of anilines is 2. The van der Waals surface area contributed by atoms with E-state index >= 15 is 0 Å². The molecular formula is C18H25N3O2. The monoisotopic (exact) mass is 315 g/mol. The van der Waals surface area contributed by atoms with Gasteiger partial charge in [-0.3, -0.25) is 0 Å². The van der Waals surface area contributed by atoms with Crippen LogP contribution in [0.5, 0.6) is 5.75 Å². The number of benzene rings is 1. The predicted molar refractivity (Wildman–Crippen MR) is 95.1 cm³/mol. The number of urea groups is 1. The molecule has 5 nitrogen and oxygen atoms in total. The number of carbonyl (C=O) groups excluding carboxylic acids is 1. The summed E-state index contributed by atoms with van der Waals surface area (Å²) in [7, 11) is 1.96. The molecule has 1 aromatic rings. The molecule has 2 N–H and O–H groups in total. The van der Waals surface area contributed by atoms with E-state index in [-0.39, 0.29) is 18.0 Å². The van der Waals surface area contributed by atoms with Crippen molar-refractivity contribution in [2.75, 3.05) is 23.9 Å². The highest BCUT2D eigenvalue weighted by molar-refractivity contribution is 5.90. The first kappa shape index (κ1) is 16.9. The maximum atomic E-state index is 11.8. The number of nitrogens with zero attached hydrogens (tertiary/aromatic N) is 1. The summed E-state index contributed by atoms with van der Waals surface area (Å²) >= 11 is 0. The minimum atomic E-state index is -0.220. The van der Waals surface area contributed by atoms with Crippen LogP contribution in [0.3, 0.4) is 0 Å². The van der Waals surface area contributed by atoms with Crippen molar-refractivity contribution in [1.29, 1.82) is 0 Å². The molecule has 1 unspecified atom stereocenters. The number of fused-ring (bicyclic) bond motifs is 1. The van der Waals surface area contributed by atoms with Gasteiger partial charge in [0.25, 0.3) is 0 Å². The molecule has 2 amide bonds. The third-order valence-corrected chi connectivity index (χ3v) is 3.70. The van der Waals surface area contributed by atoms with Crippen molar-refractivity contribution < 1.29 is 9.53 Å². The lowest BCUT2D eigenvalue weighted by Crippen LogP contribution is -2.34. The van der Waals surface area contributed by atoms with Gasteiger partial charge in [0.1, 0.15) is 12.4 Å². The van der Waals surface area contributed by atoms with Crippen LogP contribution in [0, 0.1) is 5.92 Å². The number of hydrogen-bond acceptors (Lipinski definition) is 3. The Labute approximate surface area is 138 Å². The highest BCUT2D eigenvalue weighted by atomic mass is 16.5. The lowest BCUT2D eigenvalue weighted by molar-refractivity contribution is 0.250. The third kappa shape index (κ3) is 4.06. The fraction of sp³-hybridized carbons (Fsp3) is 0.389. The highest BCUT2D eigenvalue weighted by Crippen LogP contribution is 2.37. The molecule has 1 aliphatic rings. The van der Waals surface area contributed by atoms with E-state index in [4.69, 9.17) is 4.74 Å². The van der Waals surface area contributed by atoms with Gasteiger partial charge in [-0.15, -0.1) is 0 Å². The largest absolute Gasteiger partial charge is 0.490 e. The molecule has 1 heterocycles. The van der Waals surface area contributed by atoms with Crippen molar-refractivity contribution in [3.63, 3.8) is 0 Å². The summed E-state index contributed by atoms with van der Waals surface area (Å²) in [5.74, 6) is 0.925. The summed E-state index contributed by atoms with van der Waals surface area (Å²) in [5.41, 5.74) is 2.57. The first-order chi connectivity index (χ1) is 10.9. The Bertz CT molecular complexity index is 623. The van der Waals surface area contributed by atoms with Crippen LogP contribution in [0.1, 0.15) is 20.8 Å². The number of ether oxygens (including phenoxy) is 1. The van der Waals surface area contributed by atoms with Crippen LogP contribution < -0.4 is 20.3 Å². The van der Waals surface area contributed by atoms with E-state index in [1.165, 1.54) is 0 Å². The quantitative estimate of drug-likeness (QED) is 0.835. The van der Waals surface area contributed by atoms with Crippen molar-refractivity contribution in [1.82, 2.24) is 5.32 Å². The smallest absolute Gasteiger partial charge is 0.319 e. The van der Waals surface area contributed by atoms with Gasteiger partial charge in [0.05, 0.1) is 11.6 Å². The number of allylic oxidation sites excluding steroid dienone is 1. The van der Waals surface area contributed by atoms with Crippen LogP contribution in [0.25, 0.3) is 0 Å².